The highest BCUT2D eigenvalue weighted by Crippen LogP contribution is 1.93. The molecule has 0 rings (SSSR count). The summed E-state index contributed by atoms with van der Waals surface area (Å²) in [6, 6.07) is 0. The van der Waals surface area contributed by atoms with Gasteiger partial charge >= 0.3 is 0 Å². The Morgan fingerprint density at radius 1 is 1.38 bits per heavy atom. The molecule has 0 fully saturated rings. The summed E-state index contributed by atoms with van der Waals surface area (Å²) in [7, 11) is 0. The van der Waals surface area contributed by atoms with Crippen molar-refractivity contribution in [3.05, 3.63) is 0 Å². The summed E-state index contributed by atoms with van der Waals surface area (Å²) in [4.78, 5) is 0. The van der Waals surface area contributed by atoms with Gasteiger partial charge in [0.05, 0.1) is 0 Å². The first-order valence-electron chi connectivity index (χ1n) is 2.89. The second-order valence-corrected chi connectivity index (χ2v) is 2.70. The van der Waals surface area contributed by atoms with Crippen LogP contribution in [0.3, 0.4) is 0 Å². The van der Waals surface area contributed by atoms with Crippen molar-refractivity contribution in [3.63, 3.8) is 0 Å². The first kappa shape index (κ1) is 11.4. The van der Waals surface area contributed by atoms with Crippen LogP contribution in [0.1, 0.15) is 27.2 Å². The van der Waals surface area contributed by atoms with Crippen LogP contribution in [-0.4, -0.2) is 11.3 Å². The van der Waals surface area contributed by atoms with E-state index in [-0.39, 0.29) is 5.38 Å². The maximum absolute atomic E-state index is 5.33. The number of rotatable bonds is 1. The minimum absolute atomic E-state index is 0.122. The molecule has 0 amide bonds. The van der Waals surface area contributed by atoms with Gasteiger partial charge < -0.3 is 0 Å². The average Bonchev–Trinajstić information content (AvgIpc) is 1.69. The van der Waals surface area contributed by atoms with E-state index >= 15 is 0 Å². The summed E-state index contributed by atoms with van der Waals surface area (Å²) in [5.74, 6) is 0.543. The third-order valence-corrected chi connectivity index (χ3v) is 0.988. The SMILES string of the molecule is CC(Cl)CCl.CCC. The van der Waals surface area contributed by atoms with Crippen LogP contribution in [0.15, 0.2) is 0 Å². The highest BCUT2D eigenvalue weighted by atomic mass is 35.5. The van der Waals surface area contributed by atoms with E-state index in [1.165, 1.54) is 6.42 Å². The maximum Gasteiger partial charge on any atom is 0.0443 e. The summed E-state index contributed by atoms with van der Waals surface area (Å²) in [5, 5.41) is 0.122. The predicted molar refractivity (Wildman–Crippen MR) is 42.0 cm³/mol. The zero-order valence-electron chi connectivity index (χ0n) is 5.75. The van der Waals surface area contributed by atoms with Crippen LogP contribution < -0.4 is 0 Å². The van der Waals surface area contributed by atoms with E-state index in [0.29, 0.717) is 5.88 Å². The van der Waals surface area contributed by atoms with Gasteiger partial charge in [0, 0.05) is 11.3 Å². The molecule has 0 aliphatic rings. The molecule has 0 saturated carbocycles. The summed E-state index contributed by atoms with van der Waals surface area (Å²) >= 11 is 10.5. The van der Waals surface area contributed by atoms with Crippen LogP contribution in [0.2, 0.25) is 0 Å². The number of hydrogen-bond donors (Lipinski definition) is 0. The molecule has 0 heterocycles. The normalized spacial score (nSPS) is 11.6. The first-order chi connectivity index (χ1) is 3.68. The monoisotopic (exact) mass is 156 g/mol. The highest BCUT2D eigenvalue weighted by Gasteiger charge is 1.85. The van der Waals surface area contributed by atoms with Crippen LogP contribution in [0, 0.1) is 0 Å². The Balaban J connectivity index is 0. The van der Waals surface area contributed by atoms with Gasteiger partial charge in [0.25, 0.3) is 0 Å². The van der Waals surface area contributed by atoms with Crippen LogP contribution in [0.5, 0.6) is 0 Å². The molecular formula is C6H14Cl2. The van der Waals surface area contributed by atoms with Gasteiger partial charge in [-0.25, -0.2) is 0 Å². The predicted octanol–water partition coefficient (Wildman–Crippen LogP) is 3.27. The Morgan fingerprint density at radius 3 is 1.50 bits per heavy atom. The molecule has 0 N–H and O–H groups in total. The van der Waals surface area contributed by atoms with Crippen molar-refractivity contribution in [1.29, 1.82) is 0 Å². The van der Waals surface area contributed by atoms with Gasteiger partial charge in [0.1, 0.15) is 0 Å². The molecule has 0 nitrogen and oxygen atoms in total. The molecule has 0 spiro atoms. The molecule has 8 heavy (non-hydrogen) atoms. The lowest BCUT2D eigenvalue weighted by atomic mass is 10.6. The standard InChI is InChI=1S/C3H6Cl2.C3H8/c1-3(5)2-4;1-3-2/h3H,2H2,1H3;3H2,1-2H3. The smallest absolute Gasteiger partial charge is 0.0443 e. The van der Waals surface area contributed by atoms with Crippen molar-refractivity contribution < 1.29 is 0 Å². The fourth-order valence-electron chi connectivity index (χ4n) is 0. The van der Waals surface area contributed by atoms with Gasteiger partial charge in [0.2, 0.25) is 0 Å². The molecule has 0 aromatic rings. The van der Waals surface area contributed by atoms with E-state index in [0.717, 1.165) is 0 Å². The summed E-state index contributed by atoms with van der Waals surface area (Å²) < 4.78 is 0. The Morgan fingerprint density at radius 2 is 1.50 bits per heavy atom. The molecule has 0 aromatic carbocycles. The van der Waals surface area contributed by atoms with Crippen LogP contribution >= 0.6 is 23.2 Å². The molecule has 52 valence electrons. The lowest BCUT2D eigenvalue weighted by molar-refractivity contribution is 1.09. The lowest BCUT2D eigenvalue weighted by Crippen LogP contribution is -1.87. The van der Waals surface area contributed by atoms with Crippen molar-refractivity contribution in [1.82, 2.24) is 0 Å². The average molecular weight is 157 g/mol. The molecule has 0 aliphatic carbocycles. The maximum atomic E-state index is 5.33. The van der Waals surface area contributed by atoms with Gasteiger partial charge in [0.15, 0.2) is 0 Å². The zero-order chi connectivity index (χ0) is 6.99. The van der Waals surface area contributed by atoms with Gasteiger partial charge in [-0.3, -0.25) is 0 Å². The Labute approximate surface area is 62.2 Å². The van der Waals surface area contributed by atoms with Crippen molar-refractivity contribution in [2.75, 3.05) is 5.88 Å². The third-order valence-electron chi connectivity index (χ3n) is 0.213. The Kier molecular flexibility index (Phi) is 15.0. The quantitative estimate of drug-likeness (QED) is 0.512. The van der Waals surface area contributed by atoms with Crippen LogP contribution in [-0.2, 0) is 0 Å². The molecule has 0 bridgehead atoms. The first-order valence-corrected chi connectivity index (χ1v) is 3.86. The van der Waals surface area contributed by atoms with E-state index in [1.54, 1.807) is 0 Å². The molecule has 0 radical (unpaired) electrons. The molecule has 1 atom stereocenters. The van der Waals surface area contributed by atoms with Gasteiger partial charge in [-0.2, -0.15) is 0 Å². The third kappa shape index (κ3) is 30.8. The highest BCUT2D eigenvalue weighted by molar-refractivity contribution is 6.27. The summed E-state index contributed by atoms with van der Waals surface area (Å²) in [5.41, 5.74) is 0. The minimum Gasteiger partial charge on any atom is -0.125 e. The van der Waals surface area contributed by atoms with Gasteiger partial charge in [-0.15, -0.1) is 23.2 Å². The molecule has 1 unspecified atom stereocenters. The van der Waals surface area contributed by atoms with Crippen molar-refractivity contribution >= 4 is 23.2 Å². The Hall–Kier alpha value is 0.580. The van der Waals surface area contributed by atoms with Crippen molar-refractivity contribution in [2.45, 2.75) is 32.6 Å². The van der Waals surface area contributed by atoms with Gasteiger partial charge in [-0.1, -0.05) is 20.3 Å². The van der Waals surface area contributed by atoms with Crippen molar-refractivity contribution in [2.24, 2.45) is 0 Å². The fourth-order valence-corrected chi connectivity index (χ4v) is 0. The largest absolute Gasteiger partial charge is 0.125 e. The van der Waals surface area contributed by atoms with Crippen molar-refractivity contribution in [3.8, 4) is 0 Å². The second kappa shape index (κ2) is 10.5. The van der Waals surface area contributed by atoms with E-state index in [9.17, 15) is 0 Å². The zero-order valence-corrected chi connectivity index (χ0v) is 7.26. The fraction of sp³-hybridized carbons (Fsp3) is 1.00. The summed E-state index contributed by atoms with van der Waals surface area (Å²) in [6.07, 6.45) is 1.25. The molecule has 0 aromatic heterocycles. The lowest BCUT2D eigenvalue weighted by Gasteiger charge is -1.85. The van der Waals surface area contributed by atoms with E-state index < -0.39 is 0 Å². The van der Waals surface area contributed by atoms with E-state index in [2.05, 4.69) is 13.8 Å². The molecule has 0 saturated heterocycles. The second-order valence-electron chi connectivity index (χ2n) is 1.64. The Bertz CT molecular complexity index is 27.7. The van der Waals surface area contributed by atoms with Crippen LogP contribution in [0.25, 0.3) is 0 Å². The number of alkyl halides is 2. The number of hydrogen-bond acceptors (Lipinski definition) is 0. The number of halogens is 2. The van der Waals surface area contributed by atoms with E-state index in [1.807, 2.05) is 6.92 Å². The summed E-state index contributed by atoms with van der Waals surface area (Å²) in [6.45, 7) is 6.11. The molecule has 2 heteroatoms. The van der Waals surface area contributed by atoms with Gasteiger partial charge in [-0.05, 0) is 6.92 Å². The molecular weight excluding hydrogens is 143 g/mol. The van der Waals surface area contributed by atoms with Crippen LogP contribution in [0.4, 0.5) is 0 Å². The minimum atomic E-state index is 0.122. The van der Waals surface area contributed by atoms with E-state index in [4.69, 9.17) is 23.2 Å². The molecule has 0 aliphatic heterocycles. The topological polar surface area (TPSA) is 0 Å².